The summed E-state index contributed by atoms with van der Waals surface area (Å²) in [6.45, 7) is 8.00. The predicted molar refractivity (Wildman–Crippen MR) is 48.5 cm³/mol. The molecule has 2 atom stereocenters. The number of ketones is 1. The third kappa shape index (κ3) is 2.05. The number of hydrogen-bond donors (Lipinski definition) is 0. The molecule has 0 spiro atoms. The summed E-state index contributed by atoms with van der Waals surface area (Å²) in [5, 5.41) is 0. The third-order valence-corrected chi connectivity index (χ3v) is 2.29. The maximum absolute atomic E-state index is 10.5. The zero-order chi connectivity index (χ0) is 8.85. The molecule has 0 heterocycles. The minimum atomic E-state index is 0.524. The maximum atomic E-state index is 10.5. The molecule has 0 N–H and O–H groups in total. The van der Waals surface area contributed by atoms with Crippen molar-refractivity contribution in [3.63, 3.8) is 0 Å². The van der Waals surface area contributed by atoms with Gasteiger partial charge in [-0.05, 0) is 18.8 Å². The second-order valence-electron chi connectivity index (χ2n) is 2.61. The molecule has 0 bridgehead atoms. The van der Waals surface area contributed by atoms with E-state index in [-0.39, 0.29) is 0 Å². The lowest BCUT2D eigenvalue weighted by Gasteiger charge is -2.44. The van der Waals surface area contributed by atoms with Gasteiger partial charge in [-0.2, -0.15) is 0 Å². The monoisotopic (exact) mass is 156 g/mol. The van der Waals surface area contributed by atoms with Crippen LogP contribution in [0.4, 0.5) is 0 Å². The Morgan fingerprint density at radius 1 is 1.09 bits per heavy atom. The van der Waals surface area contributed by atoms with E-state index in [0.717, 1.165) is 12.3 Å². The van der Waals surface area contributed by atoms with E-state index in [2.05, 4.69) is 0 Å². The Hall–Kier alpha value is -0.330. The van der Waals surface area contributed by atoms with Gasteiger partial charge in [-0.25, -0.2) is 0 Å². The van der Waals surface area contributed by atoms with E-state index in [1.807, 2.05) is 27.7 Å². The van der Waals surface area contributed by atoms with E-state index in [0.29, 0.717) is 11.7 Å². The second kappa shape index (κ2) is 5.34. The topological polar surface area (TPSA) is 17.1 Å². The Morgan fingerprint density at radius 2 is 1.64 bits per heavy atom. The highest BCUT2D eigenvalue weighted by Gasteiger charge is 2.45. The molecule has 2 rings (SSSR count). The molecular formula is C10H20O. The molecule has 0 aromatic heterocycles. The van der Waals surface area contributed by atoms with Crippen LogP contribution in [0.25, 0.3) is 0 Å². The van der Waals surface area contributed by atoms with Crippen LogP contribution in [0.1, 0.15) is 47.0 Å². The molecular weight excluding hydrogens is 136 g/mol. The van der Waals surface area contributed by atoms with Crippen LogP contribution in [-0.4, -0.2) is 5.78 Å². The number of carbonyl (C=O) groups excluding carboxylic acids is 1. The Labute approximate surface area is 70.2 Å². The van der Waals surface area contributed by atoms with Gasteiger partial charge in [0.05, 0.1) is 0 Å². The molecule has 2 aliphatic carbocycles. The number of carbonyl (C=O) groups is 1. The molecule has 1 nitrogen and oxygen atoms in total. The van der Waals surface area contributed by atoms with Crippen LogP contribution in [0.2, 0.25) is 0 Å². The van der Waals surface area contributed by atoms with Gasteiger partial charge in [0.25, 0.3) is 0 Å². The van der Waals surface area contributed by atoms with Crippen molar-refractivity contribution in [3.05, 3.63) is 0 Å². The summed E-state index contributed by atoms with van der Waals surface area (Å²) in [5.74, 6) is 1.91. The zero-order valence-electron chi connectivity index (χ0n) is 8.18. The van der Waals surface area contributed by atoms with Gasteiger partial charge >= 0.3 is 0 Å². The average molecular weight is 156 g/mol. The predicted octanol–water partition coefficient (Wildman–Crippen LogP) is 3.04. The van der Waals surface area contributed by atoms with Gasteiger partial charge in [-0.3, -0.25) is 4.79 Å². The highest BCUT2D eigenvalue weighted by Crippen LogP contribution is 2.46. The summed E-state index contributed by atoms with van der Waals surface area (Å²) in [6, 6.07) is 0. The molecule has 2 unspecified atom stereocenters. The van der Waals surface area contributed by atoms with Crippen LogP contribution in [0.3, 0.4) is 0 Å². The number of hydrogen-bond acceptors (Lipinski definition) is 1. The molecule has 0 radical (unpaired) electrons. The summed E-state index contributed by atoms with van der Waals surface area (Å²) in [7, 11) is 0. The van der Waals surface area contributed by atoms with Crippen molar-refractivity contribution in [1.29, 1.82) is 0 Å². The molecule has 0 aromatic carbocycles. The number of Topliss-reactive ketones (excluding diaryl/α,β-unsaturated/α-hetero) is 1. The SMILES string of the molecule is CC.CC.O=C1CC2CCC12. The Bertz CT molecular complexity index is 118. The first kappa shape index (κ1) is 10.7. The van der Waals surface area contributed by atoms with Gasteiger partial charge in [0.15, 0.2) is 0 Å². The van der Waals surface area contributed by atoms with Crippen molar-refractivity contribution in [2.24, 2.45) is 11.8 Å². The van der Waals surface area contributed by atoms with E-state index in [9.17, 15) is 4.79 Å². The van der Waals surface area contributed by atoms with E-state index in [4.69, 9.17) is 0 Å². The molecule has 0 saturated heterocycles. The molecule has 2 saturated carbocycles. The van der Waals surface area contributed by atoms with E-state index in [1.54, 1.807) is 0 Å². The van der Waals surface area contributed by atoms with Crippen LogP contribution in [0, 0.1) is 11.8 Å². The lowest BCUT2D eigenvalue weighted by atomic mass is 9.59. The summed E-state index contributed by atoms with van der Waals surface area (Å²) >= 11 is 0. The van der Waals surface area contributed by atoms with Gasteiger partial charge in [0.2, 0.25) is 0 Å². The standard InChI is InChI=1S/C6H8O.2C2H6/c7-6-3-4-1-2-5(4)6;2*1-2/h4-5H,1-3H2;2*1-2H3. The van der Waals surface area contributed by atoms with Crippen LogP contribution >= 0.6 is 0 Å². The first-order valence-electron chi connectivity index (χ1n) is 4.90. The molecule has 2 fully saturated rings. The first-order valence-corrected chi connectivity index (χ1v) is 4.90. The smallest absolute Gasteiger partial charge is 0.136 e. The highest BCUT2D eigenvalue weighted by molar-refractivity contribution is 5.88. The summed E-state index contributed by atoms with van der Waals surface area (Å²) < 4.78 is 0. The quantitative estimate of drug-likeness (QED) is 0.527. The second-order valence-corrected chi connectivity index (χ2v) is 2.61. The first-order chi connectivity index (χ1) is 5.38. The van der Waals surface area contributed by atoms with Crippen molar-refractivity contribution >= 4 is 5.78 Å². The lowest BCUT2D eigenvalue weighted by molar-refractivity contribution is -0.141. The van der Waals surface area contributed by atoms with E-state index >= 15 is 0 Å². The zero-order valence-corrected chi connectivity index (χ0v) is 8.18. The van der Waals surface area contributed by atoms with Crippen LogP contribution < -0.4 is 0 Å². The lowest BCUT2D eigenvalue weighted by Crippen LogP contribution is -2.44. The van der Waals surface area contributed by atoms with Crippen LogP contribution in [-0.2, 0) is 4.79 Å². The largest absolute Gasteiger partial charge is 0.299 e. The van der Waals surface area contributed by atoms with Crippen LogP contribution in [0.5, 0.6) is 0 Å². The van der Waals surface area contributed by atoms with Crippen molar-refractivity contribution < 1.29 is 4.79 Å². The summed E-state index contributed by atoms with van der Waals surface area (Å²) in [6.07, 6.45) is 3.44. The number of rotatable bonds is 0. The van der Waals surface area contributed by atoms with Gasteiger partial charge < -0.3 is 0 Å². The molecule has 0 amide bonds. The van der Waals surface area contributed by atoms with Crippen LogP contribution in [0.15, 0.2) is 0 Å². The number of fused-ring (bicyclic) bond motifs is 1. The maximum Gasteiger partial charge on any atom is 0.136 e. The fourth-order valence-electron chi connectivity index (χ4n) is 1.49. The minimum Gasteiger partial charge on any atom is -0.299 e. The van der Waals surface area contributed by atoms with Gasteiger partial charge in [-0.1, -0.05) is 27.7 Å². The Balaban J connectivity index is 0.000000222. The highest BCUT2D eigenvalue weighted by atomic mass is 16.1. The van der Waals surface area contributed by atoms with Crippen molar-refractivity contribution in [1.82, 2.24) is 0 Å². The molecule has 2 aliphatic rings. The molecule has 1 heteroatoms. The Morgan fingerprint density at radius 3 is 1.64 bits per heavy atom. The summed E-state index contributed by atoms with van der Waals surface area (Å²) in [4.78, 5) is 10.5. The molecule has 0 aromatic rings. The van der Waals surface area contributed by atoms with Gasteiger partial charge in [0, 0.05) is 12.3 Å². The van der Waals surface area contributed by atoms with Gasteiger partial charge in [0.1, 0.15) is 5.78 Å². The van der Waals surface area contributed by atoms with E-state index < -0.39 is 0 Å². The fourth-order valence-corrected chi connectivity index (χ4v) is 1.49. The normalized spacial score (nSPS) is 30.7. The average Bonchev–Trinajstić information content (AvgIpc) is 2.07. The molecule has 11 heavy (non-hydrogen) atoms. The molecule has 66 valence electrons. The molecule has 0 aliphatic heterocycles. The van der Waals surface area contributed by atoms with Crippen molar-refractivity contribution in [3.8, 4) is 0 Å². The van der Waals surface area contributed by atoms with Gasteiger partial charge in [-0.15, -0.1) is 0 Å². The summed E-state index contributed by atoms with van der Waals surface area (Å²) in [5.41, 5.74) is 0. The third-order valence-electron chi connectivity index (χ3n) is 2.29. The Kier molecular flexibility index (Phi) is 5.18. The van der Waals surface area contributed by atoms with Crippen molar-refractivity contribution in [2.75, 3.05) is 0 Å². The minimum absolute atomic E-state index is 0.524. The van der Waals surface area contributed by atoms with E-state index in [1.165, 1.54) is 12.8 Å². The fraction of sp³-hybridized carbons (Fsp3) is 0.900. The van der Waals surface area contributed by atoms with Crippen molar-refractivity contribution in [2.45, 2.75) is 47.0 Å².